The Morgan fingerprint density at radius 1 is 1.31 bits per heavy atom. The minimum absolute atomic E-state index is 0.0118. The first-order chi connectivity index (χ1) is 16.9. The smallest absolute Gasteiger partial charge is 0.157 e. The van der Waals surface area contributed by atoms with Gasteiger partial charge < -0.3 is 30.4 Å². The lowest BCUT2D eigenvalue weighted by Crippen LogP contribution is -2.29. The summed E-state index contributed by atoms with van der Waals surface area (Å²) in [6.45, 7) is 5.77. The molecule has 0 spiro atoms. The topological polar surface area (TPSA) is 124 Å². The van der Waals surface area contributed by atoms with E-state index in [4.69, 9.17) is 41.5 Å². The van der Waals surface area contributed by atoms with Crippen LogP contribution >= 0.6 is 11.6 Å². The molecule has 0 amide bonds. The molecule has 35 heavy (non-hydrogen) atoms. The van der Waals surface area contributed by atoms with E-state index in [9.17, 15) is 5.11 Å². The molecule has 2 fully saturated rings. The average molecular weight is 502 g/mol. The second-order valence-electron chi connectivity index (χ2n) is 9.52. The molecule has 10 heteroatoms. The van der Waals surface area contributed by atoms with E-state index >= 15 is 0 Å². The van der Waals surface area contributed by atoms with Gasteiger partial charge >= 0.3 is 0 Å². The number of pyridine rings is 2. The van der Waals surface area contributed by atoms with Gasteiger partial charge in [-0.1, -0.05) is 11.6 Å². The van der Waals surface area contributed by atoms with Gasteiger partial charge in [-0.15, -0.1) is 0 Å². The Kier molecular flexibility index (Phi) is 7.22. The Morgan fingerprint density at radius 3 is 2.97 bits per heavy atom. The van der Waals surface area contributed by atoms with Crippen molar-refractivity contribution in [2.45, 2.75) is 57.5 Å². The van der Waals surface area contributed by atoms with E-state index in [0.717, 1.165) is 47.5 Å². The SMILES string of the molecule is CC(CC1CO[C@@H]2C(O)COC12)=Nc1nc(NC2CCc3cc(OCCN)cnc32)c(Cl)cc1C. The van der Waals surface area contributed by atoms with Crippen LogP contribution in [0.25, 0.3) is 0 Å². The molecule has 5 atom stereocenters. The molecule has 3 aliphatic rings. The first-order valence-corrected chi connectivity index (χ1v) is 12.5. The summed E-state index contributed by atoms with van der Waals surface area (Å²) in [4.78, 5) is 14.2. The molecule has 4 heterocycles. The predicted molar refractivity (Wildman–Crippen MR) is 134 cm³/mol. The Balaban J connectivity index is 1.29. The Morgan fingerprint density at radius 2 is 2.14 bits per heavy atom. The van der Waals surface area contributed by atoms with Crippen molar-refractivity contribution >= 4 is 28.9 Å². The fourth-order valence-electron chi connectivity index (χ4n) is 5.13. The highest BCUT2D eigenvalue weighted by atomic mass is 35.5. The third kappa shape index (κ3) is 5.15. The van der Waals surface area contributed by atoms with E-state index in [-0.39, 0.29) is 24.2 Å². The lowest BCUT2D eigenvalue weighted by Gasteiger charge is -2.17. The fourth-order valence-corrected chi connectivity index (χ4v) is 5.40. The number of anilines is 1. The van der Waals surface area contributed by atoms with E-state index in [0.29, 0.717) is 43.0 Å². The number of halogens is 1. The summed E-state index contributed by atoms with van der Waals surface area (Å²) in [5.74, 6) is 2.14. The number of aliphatic hydroxyl groups is 1. The van der Waals surface area contributed by atoms with Gasteiger partial charge in [-0.05, 0) is 56.4 Å². The third-order valence-electron chi connectivity index (χ3n) is 6.83. The predicted octanol–water partition coefficient (Wildman–Crippen LogP) is 3.13. The standard InChI is InChI=1S/C25H32ClN5O4/c1-13-7-18(26)25(30-19-4-3-15-9-17(33-6-5-27)10-28-21(15)19)31-24(13)29-14(2)8-16-11-34-23-20(32)12-35-22(16)23/h7,9-10,16,19-20,22-23,32H,3-6,8,11-12,27H2,1-2H3,(H,30,31)/t16?,19?,20?,22?,23-/m1/s1. The lowest BCUT2D eigenvalue weighted by molar-refractivity contribution is 0.0170. The first kappa shape index (κ1) is 24.4. The molecule has 0 radical (unpaired) electrons. The molecule has 4 unspecified atom stereocenters. The minimum atomic E-state index is -0.545. The summed E-state index contributed by atoms with van der Waals surface area (Å²) in [6.07, 6.45) is 3.39. The Labute approximate surface area is 210 Å². The number of aromatic nitrogens is 2. The summed E-state index contributed by atoms with van der Waals surface area (Å²) in [5.41, 5.74) is 9.51. The van der Waals surface area contributed by atoms with Gasteiger partial charge in [0.2, 0.25) is 0 Å². The van der Waals surface area contributed by atoms with Gasteiger partial charge in [0.15, 0.2) is 5.82 Å². The van der Waals surface area contributed by atoms with E-state index in [1.165, 1.54) is 0 Å². The highest BCUT2D eigenvalue weighted by Crippen LogP contribution is 2.37. The molecule has 0 saturated carbocycles. The van der Waals surface area contributed by atoms with Crippen molar-refractivity contribution in [2.24, 2.45) is 16.6 Å². The van der Waals surface area contributed by atoms with Crippen molar-refractivity contribution in [3.05, 3.63) is 40.2 Å². The zero-order chi connectivity index (χ0) is 24.5. The second-order valence-corrected chi connectivity index (χ2v) is 9.93. The molecule has 2 aliphatic heterocycles. The third-order valence-corrected chi connectivity index (χ3v) is 7.12. The maximum atomic E-state index is 9.98. The Bertz CT molecular complexity index is 1110. The van der Waals surface area contributed by atoms with Crippen molar-refractivity contribution in [1.29, 1.82) is 0 Å². The van der Waals surface area contributed by atoms with Gasteiger partial charge in [0.05, 0.1) is 42.3 Å². The number of aliphatic hydroxyl groups excluding tert-OH is 1. The number of rotatable bonds is 8. The van der Waals surface area contributed by atoms with Crippen LogP contribution in [0.5, 0.6) is 5.75 Å². The number of nitrogens with zero attached hydrogens (tertiary/aromatic N) is 3. The number of hydrogen-bond acceptors (Lipinski definition) is 9. The van der Waals surface area contributed by atoms with E-state index < -0.39 is 6.10 Å². The van der Waals surface area contributed by atoms with Crippen LogP contribution < -0.4 is 15.8 Å². The molecule has 9 nitrogen and oxygen atoms in total. The normalized spacial score (nSPS) is 27.7. The lowest BCUT2D eigenvalue weighted by atomic mass is 9.96. The number of fused-ring (bicyclic) bond motifs is 2. The zero-order valence-electron chi connectivity index (χ0n) is 20.0. The Hall–Kier alpha value is -2.30. The fraction of sp³-hybridized carbons (Fsp3) is 0.560. The number of ether oxygens (including phenoxy) is 3. The summed E-state index contributed by atoms with van der Waals surface area (Å²) in [7, 11) is 0. The van der Waals surface area contributed by atoms with Crippen LogP contribution in [-0.2, 0) is 15.9 Å². The number of nitrogens with two attached hydrogens (primary N) is 1. The first-order valence-electron chi connectivity index (χ1n) is 12.1. The summed E-state index contributed by atoms with van der Waals surface area (Å²) in [6, 6.07) is 3.94. The second kappa shape index (κ2) is 10.4. The maximum absolute atomic E-state index is 9.98. The summed E-state index contributed by atoms with van der Waals surface area (Å²) in [5, 5.41) is 14.0. The van der Waals surface area contributed by atoms with Crippen LogP contribution in [0.3, 0.4) is 0 Å². The molecule has 5 rings (SSSR count). The molecule has 0 aromatic carbocycles. The molecule has 2 aromatic rings. The van der Waals surface area contributed by atoms with Gasteiger partial charge in [0.25, 0.3) is 0 Å². The van der Waals surface area contributed by atoms with E-state index in [1.54, 1.807) is 6.20 Å². The van der Waals surface area contributed by atoms with E-state index in [2.05, 4.69) is 10.3 Å². The zero-order valence-corrected chi connectivity index (χ0v) is 20.8. The average Bonchev–Trinajstić information content (AvgIpc) is 3.53. The van der Waals surface area contributed by atoms with Crippen molar-refractivity contribution in [1.82, 2.24) is 9.97 Å². The number of aliphatic imine (C=N–C) groups is 1. The summed E-state index contributed by atoms with van der Waals surface area (Å²) < 4.78 is 17.1. The van der Waals surface area contributed by atoms with Gasteiger partial charge in [0.1, 0.15) is 30.4 Å². The van der Waals surface area contributed by atoms with Crippen molar-refractivity contribution < 1.29 is 19.3 Å². The quantitative estimate of drug-likeness (QED) is 0.471. The monoisotopic (exact) mass is 501 g/mol. The van der Waals surface area contributed by atoms with Crippen LogP contribution in [-0.4, -0.2) is 65.5 Å². The van der Waals surface area contributed by atoms with Crippen LogP contribution in [0.1, 0.15) is 42.6 Å². The van der Waals surface area contributed by atoms with Crippen molar-refractivity contribution in [3.63, 3.8) is 0 Å². The van der Waals surface area contributed by atoms with Crippen molar-refractivity contribution in [3.8, 4) is 5.75 Å². The van der Waals surface area contributed by atoms with Crippen LogP contribution in [0.2, 0.25) is 5.02 Å². The van der Waals surface area contributed by atoms with Crippen LogP contribution in [0, 0.1) is 12.8 Å². The molecule has 2 aromatic heterocycles. The maximum Gasteiger partial charge on any atom is 0.157 e. The minimum Gasteiger partial charge on any atom is -0.491 e. The van der Waals surface area contributed by atoms with Gasteiger partial charge in [-0.2, -0.15) is 0 Å². The van der Waals surface area contributed by atoms with Crippen LogP contribution in [0.4, 0.5) is 11.6 Å². The molecule has 4 N–H and O–H groups in total. The largest absolute Gasteiger partial charge is 0.491 e. The number of hydrogen-bond donors (Lipinski definition) is 3. The van der Waals surface area contributed by atoms with Gasteiger partial charge in [-0.3, -0.25) is 4.98 Å². The molecule has 1 aliphatic carbocycles. The summed E-state index contributed by atoms with van der Waals surface area (Å²) >= 11 is 6.56. The van der Waals surface area contributed by atoms with Crippen LogP contribution in [0.15, 0.2) is 23.3 Å². The molecule has 188 valence electrons. The van der Waals surface area contributed by atoms with Gasteiger partial charge in [0, 0.05) is 18.2 Å². The molecular formula is C25H32ClN5O4. The highest BCUT2D eigenvalue weighted by molar-refractivity contribution is 6.33. The van der Waals surface area contributed by atoms with Gasteiger partial charge in [-0.25, -0.2) is 9.98 Å². The molecule has 0 bridgehead atoms. The molecule has 2 saturated heterocycles. The van der Waals surface area contributed by atoms with Crippen molar-refractivity contribution in [2.75, 3.05) is 31.7 Å². The number of aryl methyl sites for hydroxylation is 2. The highest BCUT2D eigenvalue weighted by Gasteiger charge is 2.46. The molecular weight excluding hydrogens is 470 g/mol. The van der Waals surface area contributed by atoms with E-state index in [1.807, 2.05) is 26.0 Å². The number of nitrogens with one attached hydrogen (secondary N) is 1.